The molecule has 4 heterocycles. The molecule has 2 N–H and O–H groups in total. The zero-order valence-corrected chi connectivity index (χ0v) is 15.5. The van der Waals surface area contributed by atoms with Crippen molar-refractivity contribution in [2.45, 2.75) is 0 Å². The molecule has 3 aromatic heterocycles. The van der Waals surface area contributed by atoms with Crippen LogP contribution in [-0.4, -0.2) is 51.8 Å². The summed E-state index contributed by atoms with van der Waals surface area (Å²) in [6.45, 7) is 3.16. The number of ether oxygens (including phenoxy) is 1. The molecule has 1 aliphatic rings. The number of rotatable bonds is 4. The topological polar surface area (TPSA) is 112 Å². The molecule has 9 nitrogen and oxygen atoms in total. The zero-order valence-electron chi connectivity index (χ0n) is 15.5. The van der Waals surface area contributed by atoms with Crippen LogP contribution in [0.4, 0.5) is 5.69 Å². The van der Waals surface area contributed by atoms with Crippen molar-refractivity contribution < 1.29 is 13.9 Å². The van der Waals surface area contributed by atoms with E-state index in [-0.39, 0.29) is 5.56 Å². The van der Waals surface area contributed by atoms with E-state index in [1.807, 2.05) is 12.1 Å². The number of nitrogens with two attached hydrogens (primary N) is 1. The number of furan rings is 1. The van der Waals surface area contributed by atoms with Crippen molar-refractivity contribution in [3.63, 3.8) is 0 Å². The van der Waals surface area contributed by atoms with Gasteiger partial charge in [0.15, 0.2) is 11.4 Å². The Balaban J connectivity index is 1.57. The van der Waals surface area contributed by atoms with Crippen LogP contribution in [0.3, 0.4) is 0 Å². The lowest BCUT2D eigenvalue weighted by molar-refractivity contribution is 0.0999. The first kappa shape index (κ1) is 17.4. The van der Waals surface area contributed by atoms with E-state index < -0.39 is 5.91 Å². The second-order valence-corrected chi connectivity index (χ2v) is 6.70. The van der Waals surface area contributed by atoms with Gasteiger partial charge in [-0.05, 0) is 18.2 Å². The molecule has 4 aromatic rings. The smallest absolute Gasteiger partial charge is 0.251 e. The summed E-state index contributed by atoms with van der Waals surface area (Å²) in [4.78, 5) is 22.7. The standard InChI is InChI=1S/C20H18N6O3/c21-19(27)14-9-17(29-11-14)16-10-22-18(20-23-12-24-26(16)20)13-2-1-3-15(8-13)25-4-6-28-7-5-25/h1-3,8-12H,4-7H2,(H2,21,27). The second-order valence-electron chi connectivity index (χ2n) is 6.70. The minimum absolute atomic E-state index is 0.288. The van der Waals surface area contributed by atoms with Gasteiger partial charge in [-0.3, -0.25) is 4.79 Å². The lowest BCUT2D eigenvalue weighted by Gasteiger charge is -2.29. The fourth-order valence-corrected chi connectivity index (χ4v) is 3.46. The minimum atomic E-state index is -0.556. The molecule has 1 amide bonds. The van der Waals surface area contributed by atoms with Gasteiger partial charge in [-0.1, -0.05) is 12.1 Å². The average Bonchev–Trinajstić information content (AvgIpc) is 3.44. The van der Waals surface area contributed by atoms with E-state index in [1.54, 1.807) is 16.8 Å². The van der Waals surface area contributed by atoms with Gasteiger partial charge in [0, 0.05) is 24.3 Å². The van der Waals surface area contributed by atoms with Gasteiger partial charge in [0.2, 0.25) is 0 Å². The maximum atomic E-state index is 11.4. The number of aromatic nitrogens is 4. The van der Waals surface area contributed by atoms with E-state index in [0.717, 1.165) is 37.6 Å². The van der Waals surface area contributed by atoms with E-state index in [4.69, 9.17) is 14.9 Å². The molecule has 5 rings (SSSR count). The summed E-state index contributed by atoms with van der Waals surface area (Å²) in [5.41, 5.74) is 9.55. The number of fused-ring (bicyclic) bond motifs is 1. The number of primary amides is 1. The predicted octanol–water partition coefficient (Wildman–Crippen LogP) is 1.99. The Bertz CT molecular complexity index is 1190. The van der Waals surface area contributed by atoms with Crippen molar-refractivity contribution in [2.75, 3.05) is 31.2 Å². The molecule has 0 unspecified atom stereocenters. The third-order valence-electron chi connectivity index (χ3n) is 4.94. The van der Waals surface area contributed by atoms with Crippen LogP contribution >= 0.6 is 0 Å². The molecular weight excluding hydrogens is 372 g/mol. The van der Waals surface area contributed by atoms with Crippen LogP contribution in [0.25, 0.3) is 28.4 Å². The Kier molecular flexibility index (Phi) is 4.21. The molecule has 146 valence electrons. The first-order valence-corrected chi connectivity index (χ1v) is 9.21. The first-order chi connectivity index (χ1) is 14.2. The number of amides is 1. The molecular formula is C20H18N6O3. The maximum absolute atomic E-state index is 11.4. The van der Waals surface area contributed by atoms with Crippen LogP contribution in [0.5, 0.6) is 0 Å². The van der Waals surface area contributed by atoms with Crippen molar-refractivity contribution in [1.82, 2.24) is 19.6 Å². The number of hydrogen-bond acceptors (Lipinski definition) is 7. The highest BCUT2D eigenvalue weighted by atomic mass is 16.5. The van der Waals surface area contributed by atoms with Gasteiger partial charge in [0.1, 0.15) is 24.0 Å². The van der Waals surface area contributed by atoms with Gasteiger partial charge >= 0.3 is 0 Å². The van der Waals surface area contributed by atoms with E-state index in [2.05, 4.69) is 32.1 Å². The number of carbonyl (C=O) groups excluding carboxylic acids is 1. The van der Waals surface area contributed by atoms with Gasteiger partial charge in [-0.25, -0.2) is 14.5 Å². The zero-order chi connectivity index (χ0) is 19.8. The van der Waals surface area contributed by atoms with Crippen LogP contribution in [0.1, 0.15) is 10.4 Å². The monoisotopic (exact) mass is 390 g/mol. The lowest BCUT2D eigenvalue weighted by Crippen LogP contribution is -2.36. The molecule has 0 saturated carbocycles. The summed E-state index contributed by atoms with van der Waals surface area (Å²) in [5, 5.41) is 4.31. The Morgan fingerprint density at radius 1 is 1.14 bits per heavy atom. The summed E-state index contributed by atoms with van der Waals surface area (Å²) in [6.07, 6.45) is 4.44. The fourth-order valence-electron chi connectivity index (χ4n) is 3.46. The molecule has 1 saturated heterocycles. The highest BCUT2D eigenvalue weighted by molar-refractivity contribution is 5.93. The van der Waals surface area contributed by atoms with Gasteiger partial charge in [0.25, 0.3) is 5.91 Å². The second kappa shape index (κ2) is 7.02. The largest absolute Gasteiger partial charge is 0.462 e. The third kappa shape index (κ3) is 3.11. The SMILES string of the molecule is NC(=O)c1coc(-c2cnc(-c3cccc(N4CCOCC4)c3)c3ncnn23)c1. The molecule has 0 atom stereocenters. The third-order valence-corrected chi connectivity index (χ3v) is 4.94. The summed E-state index contributed by atoms with van der Waals surface area (Å²) >= 11 is 0. The molecule has 0 spiro atoms. The molecule has 9 heteroatoms. The van der Waals surface area contributed by atoms with Crippen molar-refractivity contribution >= 4 is 17.2 Å². The fraction of sp³-hybridized carbons (Fsp3) is 0.200. The van der Waals surface area contributed by atoms with Crippen LogP contribution in [-0.2, 0) is 4.74 Å². The van der Waals surface area contributed by atoms with Crippen LogP contribution in [0.2, 0.25) is 0 Å². The Morgan fingerprint density at radius 2 is 2.00 bits per heavy atom. The number of morpholine rings is 1. The van der Waals surface area contributed by atoms with Gasteiger partial charge in [-0.2, -0.15) is 5.10 Å². The van der Waals surface area contributed by atoms with Crippen molar-refractivity contribution in [2.24, 2.45) is 5.73 Å². The number of hydrogen-bond donors (Lipinski definition) is 1. The van der Waals surface area contributed by atoms with E-state index in [9.17, 15) is 4.79 Å². The van der Waals surface area contributed by atoms with Gasteiger partial charge in [-0.15, -0.1) is 0 Å². The normalized spacial score (nSPS) is 14.4. The molecule has 1 aliphatic heterocycles. The molecule has 1 fully saturated rings. The van der Waals surface area contributed by atoms with Crippen LogP contribution in [0, 0.1) is 0 Å². The van der Waals surface area contributed by atoms with Gasteiger partial charge < -0.3 is 19.8 Å². The van der Waals surface area contributed by atoms with E-state index in [1.165, 1.54) is 12.6 Å². The highest BCUT2D eigenvalue weighted by Gasteiger charge is 2.18. The number of anilines is 1. The highest BCUT2D eigenvalue weighted by Crippen LogP contribution is 2.29. The van der Waals surface area contributed by atoms with Crippen LogP contribution < -0.4 is 10.6 Å². The predicted molar refractivity (Wildman–Crippen MR) is 105 cm³/mol. The Morgan fingerprint density at radius 3 is 2.79 bits per heavy atom. The molecule has 0 radical (unpaired) electrons. The molecule has 29 heavy (non-hydrogen) atoms. The maximum Gasteiger partial charge on any atom is 0.251 e. The number of carbonyl (C=O) groups is 1. The lowest BCUT2D eigenvalue weighted by atomic mass is 10.1. The molecule has 0 bridgehead atoms. The van der Waals surface area contributed by atoms with Crippen molar-refractivity contribution in [3.8, 4) is 22.7 Å². The van der Waals surface area contributed by atoms with Gasteiger partial charge in [0.05, 0.1) is 25.0 Å². The summed E-state index contributed by atoms with van der Waals surface area (Å²) in [6, 6.07) is 9.75. The van der Waals surface area contributed by atoms with Crippen molar-refractivity contribution in [1.29, 1.82) is 0 Å². The quantitative estimate of drug-likeness (QED) is 0.567. The number of benzene rings is 1. The molecule has 0 aliphatic carbocycles. The van der Waals surface area contributed by atoms with Crippen LogP contribution in [0.15, 0.2) is 53.5 Å². The van der Waals surface area contributed by atoms with E-state index in [0.29, 0.717) is 22.8 Å². The Labute approximate surface area is 165 Å². The van der Waals surface area contributed by atoms with Crippen molar-refractivity contribution in [3.05, 3.63) is 54.7 Å². The average molecular weight is 390 g/mol. The Hall–Kier alpha value is -3.72. The minimum Gasteiger partial charge on any atom is -0.462 e. The first-order valence-electron chi connectivity index (χ1n) is 9.21. The molecule has 1 aromatic carbocycles. The summed E-state index contributed by atoms with van der Waals surface area (Å²) < 4.78 is 12.6. The van der Waals surface area contributed by atoms with E-state index >= 15 is 0 Å². The number of nitrogens with zero attached hydrogens (tertiary/aromatic N) is 5. The summed E-state index contributed by atoms with van der Waals surface area (Å²) in [7, 11) is 0. The summed E-state index contributed by atoms with van der Waals surface area (Å²) in [5.74, 6) is -0.116.